The molecule has 0 aliphatic heterocycles. The van der Waals surface area contributed by atoms with Crippen LogP contribution in [0.4, 0.5) is 0 Å². The van der Waals surface area contributed by atoms with Gasteiger partial charge in [-0.15, -0.1) is 0 Å². The molecule has 0 radical (unpaired) electrons. The maximum Gasteiger partial charge on any atom is 0.307 e. The van der Waals surface area contributed by atoms with Gasteiger partial charge in [0.2, 0.25) is 0 Å². The van der Waals surface area contributed by atoms with Crippen LogP contribution in [-0.2, 0) is 11.2 Å². The first-order chi connectivity index (χ1) is 6.11. The van der Waals surface area contributed by atoms with Gasteiger partial charge in [-0.3, -0.25) is 9.59 Å². The minimum atomic E-state index is -0.922. The summed E-state index contributed by atoms with van der Waals surface area (Å²) in [7, 11) is 0. The van der Waals surface area contributed by atoms with Crippen molar-refractivity contribution in [3.63, 3.8) is 0 Å². The zero-order valence-corrected chi connectivity index (χ0v) is 7.28. The predicted molar refractivity (Wildman–Crippen MR) is 47.8 cm³/mol. The zero-order valence-electron chi connectivity index (χ0n) is 7.28. The fourth-order valence-electron chi connectivity index (χ4n) is 1.18. The average molecular weight is 178 g/mol. The summed E-state index contributed by atoms with van der Waals surface area (Å²) in [5.74, 6) is -1.02. The molecule has 68 valence electrons. The van der Waals surface area contributed by atoms with E-state index in [2.05, 4.69) is 0 Å². The number of rotatable bonds is 3. The fraction of sp³-hybridized carbons (Fsp3) is 0.200. The van der Waals surface area contributed by atoms with Gasteiger partial charge < -0.3 is 5.11 Å². The number of carboxylic acids is 1. The Bertz CT molecular complexity index is 342. The van der Waals surface area contributed by atoms with Crippen LogP contribution >= 0.6 is 0 Å². The lowest BCUT2D eigenvalue weighted by Gasteiger charge is -2.02. The molecule has 0 aromatic heterocycles. The normalized spacial score (nSPS) is 9.62. The lowest BCUT2D eigenvalue weighted by molar-refractivity contribution is -0.136. The SMILES string of the molecule is CC(=O)c1ccccc1CC(=O)O. The van der Waals surface area contributed by atoms with Gasteiger partial charge in [-0.2, -0.15) is 0 Å². The summed E-state index contributed by atoms with van der Waals surface area (Å²) < 4.78 is 0. The van der Waals surface area contributed by atoms with E-state index in [9.17, 15) is 9.59 Å². The average Bonchev–Trinajstić information content (AvgIpc) is 2.03. The second kappa shape index (κ2) is 3.85. The summed E-state index contributed by atoms with van der Waals surface area (Å²) in [6, 6.07) is 6.75. The number of aliphatic carboxylic acids is 1. The van der Waals surface area contributed by atoms with E-state index in [-0.39, 0.29) is 12.2 Å². The van der Waals surface area contributed by atoms with E-state index in [0.717, 1.165) is 0 Å². The van der Waals surface area contributed by atoms with Crippen molar-refractivity contribution in [1.29, 1.82) is 0 Å². The number of Topliss-reactive ketones (excluding diaryl/α,β-unsaturated/α-hetero) is 1. The van der Waals surface area contributed by atoms with Crippen molar-refractivity contribution in [3.05, 3.63) is 35.4 Å². The maximum atomic E-state index is 11.1. The highest BCUT2D eigenvalue weighted by Gasteiger charge is 2.08. The predicted octanol–water partition coefficient (Wildman–Crippen LogP) is 1.52. The Balaban J connectivity index is 3.04. The van der Waals surface area contributed by atoms with Gasteiger partial charge >= 0.3 is 5.97 Å². The lowest BCUT2D eigenvalue weighted by Crippen LogP contribution is -2.05. The van der Waals surface area contributed by atoms with Crippen LogP contribution < -0.4 is 0 Å². The molecule has 3 nitrogen and oxygen atoms in total. The molecule has 1 rings (SSSR count). The number of carboxylic acid groups (broad SMARTS) is 1. The highest BCUT2D eigenvalue weighted by atomic mass is 16.4. The summed E-state index contributed by atoms with van der Waals surface area (Å²) >= 11 is 0. The van der Waals surface area contributed by atoms with Crippen molar-refractivity contribution in [2.24, 2.45) is 0 Å². The number of benzene rings is 1. The molecule has 0 aliphatic carbocycles. The molecule has 0 saturated carbocycles. The maximum absolute atomic E-state index is 11.1. The van der Waals surface area contributed by atoms with Gasteiger partial charge in [0.25, 0.3) is 0 Å². The minimum absolute atomic E-state index is 0.100. The molecule has 0 unspecified atom stereocenters. The molecule has 0 saturated heterocycles. The summed E-state index contributed by atoms with van der Waals surface area (Å²) in [5, 5.41) is 8.56. The van der Waals surface area contributed by atoms with E-state index >= 15 is 0 Å². The Hall–Kier alpha value is -1.64. The molecule has 0 aliphatic rings. The Kier molecular flexibility index (Phi) is 2.80. The summed E-state index contributed by atoms with van der Waals surface area (Å²) in [4.78, 5) is 21.5. The van der Waals surface area contributed by atoms with Crippen LogP contribution in [-0.4, -0.2) is 16.9 Å². The fourth-order valence-corrected chi connectivity index (χ4v) is 1.18. The number of carbonyl (C=O) groups excluding carboxylic acids is 1. The largest absolute Gasteiger partial charge is 0.481 e. The summed E-state index contributed by atoms with van der Waals surface area (Å²) in [6.45, 7) is 1.43. The Morgan fingerprint density at radius 2 is 1.92 bits per heavy atom. The first-order valence-corrected chi connectivity index (χ1v) is 3.92. The molecule has 13 heavy (non-hydrogen) atoms. The number of hydrogen-bond donors (Lipinski definition) is 1. The topological polar surface area (TPSA) is 54.4 Å². The molecule has 3 heteroatoms. The number of carbonyl (C=O) groups is 2. The monoisotopic (exact) mass is 178 g/mol. The quantitative estimate of drug-likeness (QED) is 0.714. The van der Waals surface area contributed by atoms with Gasteiger partial charge in [0.15, 0.2) is 5.78 Å². The molecule has 0 fully saturated rings. The molecular formula is C10H10O3. The van der Waals surface area contributed by atoms with Gasteiger partial charge in [0, 0.05) is 5.56 Å². The Labute approximate surface area is 76.0 Å². The smallest absolute Gasteiger partial charge is 0.307 e. The Morgan fingerprint density at radius 1 is 1.31 bits per heavy atom. The van der Waals surface area contributed by atoms with Crippen molar-refractivity contribution in [1.82, 2.24) is 0 Å². The Morgan fingerprint density at radius 3 is 2.46 bits per heavy atom. The second-order valence-corrected chi connectivity index (χ2v) is 2.78. The van der Waals surface area contributed by atoms with Crippen LogP contribution in [0, 0.1) is 0 Å². The first-order valence-electron chi connectivity index (χ1n) is 3.92. The highest BCUT2D eigenvalue weighted by molar-refractivity contribution is 5.96. The molecule has 0 atom stereocenters. The molecule has 0 spiro atoms. The van der Waals surface area contributed by atoms with E-state index in [1.165, 1.54) is 6.92 Å². The van der Waals surface area contributed by atoms with Crippen LogP contribution in [0.25, 0.3) is 0 Å². The summed E-state index contributed by atoms with van der Waals surface area (Å²) in [6.07, 6.45) is -0.101. The molecule has 1 N–H and O–H groups in total. The standard InChI is InChI=1S/C10H10O3/c1-7(11)9-5-3-2-4-8(9)6-10(12)13/h2-5H,6H2,1H3,(H,12,13). The molecule has 0 amide bonds. The van der Waals surface area contributed by atoms with E-state index in [1.807, 2.05) is 0 Å². The van der Waals surface area contributed by atoms with Crippen molar-refractivity contribution >= 4 is 11.8 Å². The third-order valence-electron chi connectivity index (χ3n) is 1.74. The molecule has 1 aromatic carbocycles. The molecule has 0 bridgehead atoms. The minimum Gasteiger partial charge on any atom is -0.481 e. The van der Waals surface area contributed by atoms with Crippen LogP contribution in [0.2, 0.25) is 0 Å². The number of hydrogen-bond acceptors (Lipinski definition) is 2. The molecular weight excluding hydrogens is 168 g/mol. The second-order valence-electron chi connectivity index (χ2n) is 2.78. The molecule has 0 heterocycles. The van der Waals surface area contributed by atoms with Crippen molar-refractivity contribution in [2.45, 2.75) is 13.3 Å². The third-order valence-corrected chi connectivity index (χ3v) is 1.74. The van der Waals surface area contributed by atoms with E-state index in [1.54, 1.807) is 24.3 Å². The van der Waals surface area contributed by atoms with Gasteiger partial charge in [-0.1, -0.05) is 24.3 Å². The highest BCUT2D eigenvalue weighted by Crippen LogP contribution is 2.09. The summed E-state index contributed by atoms with van der Waals surface area (Å²) in [5.41, 5.74) is 1.06. The zero-order chi connectivity index (χ0) is 9.84. The lowest BCUT2D eigenvalue weighted by atomic mass is 10.0. The van der Waals surface area contributed by atoms with E-state index < -0.39 is 5.97 Å². The van der Waals surface area contributed by atoms with Gasteiger partial charge in [-0.25, -0.2) is 0 Å². The van der Waals surface area contributed by atoms with Crippen molar-refractivity contribution in [2.75, 3.05) is 0 Å². The number of ketones is 1. The van der Waals surface area contributed by atoms with E-state index in [4.69, 9.17) is 5.11 Å². The van der Waals surface area contributed by atoms with Crippen LogP contribution in [0.3, 0.4) is 0 Å². The van der Waals surface area contributed by atoms with E-state index in [0.29, 0.717) is 11.1 Å². The van der Waals surface area contributed by atoms with Crippen LogP contribution in [0.1, 0.15) is 22.8 Å². The van der Waals surface area contributed by atoms with Crippen LogP contribution in [0.5, 0.6) is 0 Å². The third kappa shape index (κ3) is 2.40. The van der Waals surface area contributed by atoms with Crippen LogP contribution in [0.15, 0.2) is 24.3 Å². The first kappa shape index (κ1) is 9.45. The van der Waals surface area contributed by atoms with Crippen molar-refractivity contribution in [3.8, 4) is 0 Å². The van der Waals surface area contributed by atoms with Gasteiger partial charge in [0.05, 0.1) is 6.42 Å². The van der Waals surface area contributed by atoms with Gasteiger partial charge in [0.1, 0.15) is 0 Å². The van der Waals surface area contributed by atoms with Gasteiger partial charge in [-0.05, 0) is 12.5 Å². The molecule has 1 aromatic rings. The van der Waals surface area contributed by atoms with Crippen molar-refractivity contribution < 1.29 is 14.7 Å².